The van der Waals surface area contributed by atoms with Gasteiger partial charge in [0.2, 0.25) is 11.8 Å². The van der Waals surface area contributed by atoms with Crippen molar-refractivity contribution in [1.82, 2.24) is 20.2 Å². The quantitative estimate of drug-likeness (QED) is 0.850. The maximum Gasteiger partial charge on any atom is 0.246 e. The van der Waals surface area contributed by atoms with Crippen molar-refractivity contribution in [3.05, 3.63) is 54.1 Å². The number of nitrogens with one attached hydrogen (secondary N) is 2. The second-order valence-electron chi connectivity index (χ2n) is 5.59. The number of rotatable bonds is 6. The Bertz CT molecular complexity index is 664. The zero-order chi connectivity index (χ0) is 16.8. The van der Waals surface area contributed by atoms with Crippen LogP contribution in [0, 0.1) is 0 Å². The Kier molecular flexibility index (Phi) is 5.51. The van der Waals surface area contributed by atoms with Crippen molar-refractivity contribution in [3.8, 4) is 0 Å². The molecule has 0 radical (unpaired) electrons. The van der Waals surface area contributed by atoms with Crippen LogP contribution in [0.25, 0.3) is 0 Å². The second-order valence-corrected chi connectivity index (χ2v) is 5.59. The Morgan fingerprint density at radius 1 is 1.22 bits per heavy atom. The topological polar surface area (TPSA) is 76.0 Å². The van der Waals surface area contributed by atoms with Gasteiger partial charge in [-0.2, -0.15) is 0 Å². The molecule has 0 aliphatic carbocycles. The zero-order valence-electron chi connectivity index (χ0n) is 13.6. The summed E-state index contributed by atoms with van der Waals surface area (Å²) >= 11 is 0. The van der Waals surface area contributed by atoms with Gasteiger partial charge in [-0.3, -0.25) is 9.59 Å². The Morgan fingerprint density at radius 3 is 2.52 bits per heavy atom. The predicted molar refractivity (Wildman–Crippen MR) is 87.7 cm³/mol. The monoisotopic (exact) mass is 314 g/mol. The van der Waals surface area contributed by atoms with Crippen molar-refractivity contribution in [2.24, 2.45) is 0 Å². The molecule has 0 saturated carbocycles. The Morgan fingerprint density at radius 2 is 1.91 bits per heavy atom. The second kappa shape index (κ2) is 7.58. The maximum atomic E-state index is 12.3. The summed E-state index contributed by atoms with van der Waals surface area (Å²) in [6, 6.07) is 8.47. The van der Waals surface area contributed by atoms with Crippen molar-refractivity contribution in [3.63, 3.8) is 0 Å². The molecule has 0 aliphatic rings. The first kappa shape index (κ1) is 16.7. The van der Waals surface area contributed by atoms with Crippen LogP contribution < -0.4 is 10.6 Å². The number of amides is 2. The van der Waals surface area contributed by atoms with Crippen molar-refractivity contribution in [2.45, 2.75) is 32.4 Å². The molecule has 0 unspecified atom stereocenters. The fourth-order valence-electron chi connectivity index (χ4n) is 2.41. The normalized spacial score (nSPS) is 12.0. The zero-order valence-corrected chi connectivity index (χ0v) is 13.6. The minimum absolute atomic E-state index is 0.133. The van der Waals surface area contributed by atoms with Gasteiger partial charge in [-0.1, -0.05) is 44.2 Å². The number of nitrogens with zero attached hydrogens (tertiary/aromatic N) is 2. The summed E-state index contributed by atoms with van der Waals surface area (Å²) < 4.78 is 1.80. The van der Waals surface area contributed by atoms with E-state index in [0.717, 1.165) is 11.4 Å². The van der Waals surface area contributed by atoms with E-state index < -0.39 is 6.04 Å². The predicted octanol–water partition coefficient (Wildman–Crippen LogP) is 1.61. The molecule has 2 amide bonds. The first-order valence-corrected chi connectivity index (χ1v) is 7.60. The van der Waals surface area contributed by atoms with E-state index in [9.17, 15) is 9.59 Å². The Hall–Kier alpha value is -2.63. The third kappa shape index (κ3) is 4.18. The number of imidazole rings is 1. The van der Waals surface area contributed by atoms with Gasteiger partial charge in [0.1, 0.15) is 18.4 Å². The highest BCUT2D eigenvalue weighted by Gasteiger charge is 2.22. The fourth-order valence-corrected chi connectivity index (χ4v) is 2.41. The molecule has 1 aromatic heterocycles. The van der Waals surface area contributed by atoms with Crippen LogP contribution in [0.5, 0.6) is 0 Å². The summed E-state index contributed by atoms with van der Waals surface area (Å²) in [5.74, 6) is 0.583. The molecule has 2 aromatic rings. The lowest BCUT2D eigenvalue weighted by atomic mass is 10.1. The first-order valence-electron chi connectivity index (χ1n) is 7.60. The van der Waals surface area contributed by atoms with Gasteiger partial charge in [-0.05, 0) is 5.56 Å². The Balaban J connectivity index is 2.12. The van der Waals surface area contributed by atoms with Crippen LogP contribution in [0.4, 0.5) is 0 Å². The standard InChI is InChI=1S/C17H22N4O2/c1-12(2)16-19-9-10-21(16)11-14(22)20-15(17(23)18-3)13-7-5-4-6-8-13/h4-10,12,15H,11H2,1-3H3,(H,18,23)(H,20,22)/t15-/m0/s1. The van der Waals surface area contributed by atoms with Gasteiger partial charge >= 0.3 is 0 Å². The van der Waals surface area contributed by atoms with E-state index >= 15 is 0 Å². The van der Waals surface area contributed by atoms with Gasteiger partial charge in [-0.15, -0.1) is 0 Å². The summed E-state index contributed by atoms with van der Waals surface area (Å²) in [6.45, 7) is 4.18. The number of benzene rings is 1. The van der Waals surface area contributed by atoms with E-state index in [0.29, 0.717) is 0 Å². The molecule has 6 heteroatoms. The van der Waals surface area contributed by atoms with Crippen molar-refractivity contribution < 1.29 is 9.59 Å². The van der Waals surface area contributed by atoms with Gasteiger partial charge < -0.3 is 15.2 Å². The molecule has 23 heavy (non-hydrogen) atoms. The summed E-state index contributed by atoms with van der Waals surface area (Å²) in [5.41, 5.74) is 0.745. The minimum Gasteiger partial charge on any atom is -0.357 e. The van der Waals surface area contributed by atoms with Crippen LogP contribution in [-0.4, -0.2) is 28.4 Å². The lowest BCUT2D eigenvalue weighted by Crippen LogP contribution is -2.40. The highest BCUT2D eigenvalue weighted by molar-refractivity contribution is 5.88. The van der Waals surface area contributed by atoms with Gasteiger partial charge in [0.15, 0.2) is 0 Å². The molecule has 0 aliphatic heterocycles. The maximum absolute atomic E-state index is 12.3. The number of likely N-dealkylation sites (N-methyl/N-ethyl adjacent to an activating group) is 1. The molecule has 1 atom stereocenters. The largest absolute Gasteiger partial charge is 0.357 e. The van der Waals surface area contributed by atoms with Crippen molar-refractivity contribution in [1.29, 1.82) is 0 Å². The fraction of sp³-hybridized carbons (Fsp3) is 0.353. The van der Waals surface area contributed by atoms with Crippen LogP contribution in [0.2, 0.25) is 0 Å². The Labute approximate surface area is 135 Å². The average molecular weight is 314 g/mol. The molecule has 122 valence electrons. The van der Waals surface area contributed by atoms with Crippen LogP contribution in [0.1, 0.15) is 37.2 Å². The third-order valence-electron chi connectivity index (χ3n) is 3.52. The van der Waals surface area contributed by atoms with E-state index in [4.69, 9.17) is 0 Å². The van der Waals surface area contributed by atoms with E-state index in [-0.39, 0.29) is 24.3 Å². The van der Waals surface area contributed by atoms with Crippen LogP contribution >= 0.6 is 0 Å². The smallest absolute Gasteiger partial charge is 0.246 e. The molecule has 2 rings (SSSR count). The summed E-state index contributed by atoms with van der Waals surface area (Å²) in [5, 5.41) is 5.37. The third-order valence-corrected chi connectivity index (χ3v) is 3.52. The highest BCUT2D eigenvalue weighted by Crippen LogP contribution is 2.14. The molecule has 0 saturated heterocycles. The molecule has 1 aromatic carbocycles. The van der Waals surface area contributed by atoms with Gasteiger partial charge in [0, 0.05) is 25.4 Å². The van der Waals surface area contributed by atoms with E-state index in [1.165, 1.54) is 0 Å². The van der Waals surface area contributed by atoms with Gasteiger partial charge in [0.25, 0.3) is 0 Å². The lowest BCUT2D eigenvalue weighted by molar-refractivity contribution is -0.129. The van der Waals surface area contributed by atoms with E-state index in [1.54, 1.807) is 24.0 Å². The molecule has 6 nitrogen and oxygen atoms in total. The van der Waals surface area contributed by atoms with Gasteiger partial charge in [-0.25, -0.2) is 4.98 Å². The molecule has 1 heterocycles. The molecule has 0 bridgehead atoms. The van der Waals surface area contributed by atoms with Crippen LogP contribution in [0.15, 0.2) is 42.7 Å². The minimum atomic E-state index is -0.709. The first-order chi connectivity index (χ1) is 11.0. The summed E-state index contributed by atoms with van der Waals surface area (Å²) in [7, 11) is 1.55. The average Bonchev–Trinajstić information content (AvgIpc) is 3.01. The molecular formula is C17H22N4O2. The summed E-state index contributed by atoms with van der Waals surface area (Å²) in [6.07, 6.45) is 3.45. The molecule has 0 fully saturated rings. The number of hydrogen-bond donors (Lipinski definition) is 2. The van der Waals surface area contributed by atoms with Gasteiger partial charge in [0.05, 0.1) is 0 Å². The lowest BCUT2D eigenvalue weighted by Gasteiger charge is -2.18. The van der Waals surface area contributed by atoms with Crippen molar-refractivity contribution >= 4 is 11.8 Å². The van der Waals surface area contributed by atoms with Crippen molar-refractivity contribution in [2.75, 3.05) is 7.05 Å². The SMILES string of the molecule is CNC(=O)[C@@H](NC(=O)Cn1ccnc1C(C)C)c1ccccc1. The van der Waals surface area contributed by atoms with E-state index in [1.807, 2.05) is 44.2 Å². The van der Waals surface area contributed by atoms with Crippen LogP contribution in [-0.2, 0) is 16.1 Å². The summed E-state index contributed by atoms with van der Waals surface area (Å²) in [4.78, 5) is 28.7. The molecular weight excluding hydrogens is 292 g/mol. The van der Waals surface area contributed by atoms with Crippen LogP contribution in [0.3, 0.4) is 0 Å². The number of carbonyl (C=O) groups is 2. The highest BCUT2D eigenvalue weighted by atomic mass is 16.2. The number of aromatic nitrogens is 2. The molecule has 2 N–H and O–H groups in total. The van der Waals surface area contributed by atoms with E-state index in [2.05, 4.69) is 15.6 Å². The number of carbonyl (C=O) groups excluding carboxylic acids is 2. The molecule has 0 spiro atoms. The number of hydrogen-bond acceptors (Lipinski definition) is 3.